The Morgan fingerprint density at radius 2 is 2.17 bits per heavy atom. The van der Waals surface area contributed by atoms with Gasteiger partial charge in [0.25, 0.3) is 5.69 Å². The van der Waals surface area contributed by atoms with E-state index in [0.29, 0.717) is 12.1 Å². The normalized spacial score (nSPS) is 10.1. The minimum atomic E-state index is -0.534. The first kappa shape index (κ1) is 14.9. The highest BCUT2D eigenvalue weighted by Crippen LogP contribution is 2.26. The highest BCUT2D eigenvalue weighted by atomic mass is 79.9. The molecule has 1 amide bonds. The Morgan fingerprint density at radius 3 is 2.72 bits per heavy atom. The lowest BCUT2D eigenvalue weighted by Crippen LogP contribution is -2.11. The lowest BCUT2D eigenvalue weighted by Gasteiger charge is -2.06. The van der Waals surface area contributed by atoms with Gasteiger partial charge in [-0.3, -0.25) is 14.9 Å². The summed E-state index contributed by atoms with van der Waals surface area (Å²) in [7, 11) is 0. The van der Waals surface area contributed by atoms with Gasteiger partial charge in [-0.1, -0.05) is 27.5 Å². The summed E-state index contributed by atoms with van der Waals surface area (Å²) in [5, 5.41) is 14.2. The molecule has 18 heavy (non-hydrogen) atoms. The molecule has 0 heterocycles. The number of carbonyl (C=O) groups is 1. The van der Waals surface area contributed by atoms with Gasteiger partial charge in [0.05, 0.1) is 15.6 Å². The van der Waals surface area contributed by atoms with E-state index in [4.69, 9.17) is 11.6 Å². The fraction of sp³-hybridized carbons (Fsp3) is 0.364. The molecule has 0 fully saturated rings. The number of hydrogen-bond acceptors (Lipinski definition) is 3. The molecule has 0 aliphatic rings. The van der Waals surface area contributed by atoms with Crippen LogP contribution in [0.4, 0.5) is 11.4 Å². The van der Waals surface area contributed by atoms with E-state index in [1.807, 2.05) is 0 Å². The molecule has 5 nitrogen and oxygen atoms in total. The van der Waals surface area contributed by atoms with E-state index in [-0.39, 0.29) is 16.6 Å². The van der Waals surface area contributed by atoms with E-state index >= 15 is 0 Å². The van der Waals surface area contributed by atoms with Crippen molar-refractivity contribution in [3.05, 3.63) is 33.3 Å². The summed E-state index contributed by atoms with van der Waals surface area (Å²) in [4.78, 5) is 21.5. The van der Waals surface area contributed by atoms with E-state index in [9.17, 15) is 14.9 Å². The molecule has 0 atom stereocenters. The molecule has 98 valence electrons. The molecule has 0 bridgehead atoms. The Kier molecular flexibility index (Phi) is 6.07. The minimum Gasteiger partial charge on any atom is -0.325 e. The maximum atomic E-state index is 11.5. The number of benzene rings is 1. The van der Waals surface area contributed by atoms with Crippen LogP contribution in [0, 0.1) is 10.1 Å². The molecular weight excluding hydrogens is 323 g/mol. The van der Waals surface area contributed by atoms with E-state index in [0.717, 1.165) is 18.2 Å². The molecular formula is C11H12BrClN2O3. The Bertz CT molecular complexity index is 454. The molecule has 0 aromatic heterocycles. The summed E-state index contributed by atoms with van der Waals surface area (Å²) in [6, 6.07) is 3.96. The van der Waals surface area contributed by atoms with Gasteiger partial charge >= 0.3 is 0 Å². The molecule has 0 unspecified atom stereocenters. The van der Waals surface area contributed by atoms with Crippen LogP contribution in [0.2, 0.25) is 5.02 Å². The number of nitro benzene ring substituents is 1. The highest BCUT2D eigenvalue weighted by Gasteiger charge is 2.11. The molecule has 1 N–H and O–H groups in total. The van der Waals surface area contributed by atoms with Crippen LogP contribution in [0.15, 0.2) is 18.2 Å². The topological polar surface area (TPSA) is 72.2 Å². The summed E-state index contributed by atoms with van der Waals surface area (Å²) in [6.45, 7) is 0. The summed E-state index contributed by atoms with van der Waals surface area (Å²) in [6.07, 6.45) is 2.10. The van der Waals surface area contributed by atoms with Crippen molar-refractivity contribution in [1.29, 1.82) is 0 Å². The van der Waals surface area contributed by atoms with Crippen LogP contribution < -0.4 is 5.32 Å². The standard InChI is InChI=1S/C11H12BrClN2O3/c12-6-2-1-3-11(16)14-10-5-4-8(15(17)18)7-9(10)13/h4-5,7H,1-3,6H2,(H,14,16). The number of hydrogen-bond donors (Lipinski definition) is 1. The number of nitrogens with zero attached hydrogens (tertiary/aromatic N) is 1. The third kappa shape index (κ3) is 4.62. The molecule has 0 aliphatic heterocycles. The molecule has 0 radical (unpaired) electrons. The van der Waals surface area contributed by atoms with Gasteiger partial charge in [-0.2, -0.15) is 0 Å². The Labute approximate surface area is 118 Å². The van der Waals surface area contributed by atoms with Crippen molar-refractivity contribution in [3.63, 3.8) is 0 Å². The van der Waals surface area contributed by atoms with Crippen molar-refractivity contribution in [2.24, 2.45) is 0 Å². The van der Waals surface area contributed by atoms with Crippen LogP contribution in [0.5, 0.6) is 0 Å². The predicted octanol–water partition coefficient (Wildman–Crippen LogP) is 3.75. The number of nitro groups is 1. The minimum absolute atomic E-state index is 0.0997. The number of non-ortho nitro benzene ring substituents is 1. The van der Waals surface area contributed by atoms with Crippen LogP contribution in [0.3, 0.4) is 0 Å². The molecule has 7 heteroatoms. The van der Waals surface area contributed by atoms with Gasteiger partial charge in [0.1, 0.15) is 0 Å². The number of rotatable bonds is 6. The maximum Gasteiger partial charge on any atom is 0.271 e. The SMILES string of the molecule is O=C(CCCCBr)Nc1ccc([N+](=O)[O-])cc1Cl. The Balaban J connectivity index is 2.62. The van der Waals surface area contributed by atoms with Crippen molar-refractivity contribution in [3.8, 4) is 0 Å². The number of halogens is 2. The Hall–Kier alpha value is -1.14. The number of anilines is 1. The average Bonchev–Trinajstić information content (AvgIpc) is 2.32. The number of alkyl halides is 1. The van der Waals surface area contributed by atoms with Crippen LogP contribution in [-0.2, 0) is 4.79 Å². The monoisotopic (exact) mass is 334 g/mol. The maximum absolute atomic E-state index is 11.5. The molecule has 0 saturated carbocycles. The van der Waals surface area contributed by atoms with Gasteiger partial charge in [0.15, 0.2) is 0 Å². The van der Waals surface area contributed by atoms with E-state index < -0.39 is 4.92 Å². The van der Waals surface area contributed by atoms with Crippen molar-refractivity contribution in [2.45, 2.75) is 19.3 Å². The summed E-state index contributed by atoms with van der Waals surface area (Å²) in [5.41, 5.74) is 0.295. The van der Waals surface area contributed by atoms with Gasteiger partial charge < -0.3 is 5.32 Å². The van der Waals surface area contributed by atoms with Crippen LogP contribution in [0.25, 0.3) is 0 Å². The average molecular weight is 336 g/mol. The quantitative estimate of drug-likeness (QED) is 0.372. The summed E-state index contributed by atoms with van der Waals surface area (Å²) in [5.74, 6) is -0.147. The second-order valence-corrected chi connectivity index (χ2v) is 4.82. The molecule has 0 spiro atoms. The number of amides is 1. The van der Waals surface area contributed by atoms with E-state index in [1.165, 1.54) is 18.2 Å². The number of unbranched alkanes of at least 4 members (excludes halogenated alkanes) is 1. The molecule has 0 saturated heterocycles. The first-order valence-electron chi connectivity index (χ1n) is 5.34. The fourth-order valence-corrected chi connectivity index (χ4v) is 1.93. The molecule has 1 rings (SSSR count). The second kappa shape index (κ2) is 7.33. The van der Waals surface area contributed by atoms with E-state index in [1.54, 1.807) is 0 Å². The van der Waals surface area contributed by atoms with Gasteiger partial charge in [-0.25, -0.2) is 0 Å². The van der Waals surface area contributed by atoms with E-state index in [2.05, 4.69) is 21.2 Å². The Morgan fingerprint density at radius 1 is 1.44 bits per heavy atom. The molecule has 1 aromatic rings. The van der Waals surface area contributed by atoms with Crippen molar-refractivity contribution in [2.75, 3.05) is 10.6 Å². The first-order chi connectivity index (χ1) is 8.54. The van der Waals surface area contributed by atoms with Gasteiger partial charge in [-0.05, 0) is 18.9 Å². The third-order valence-corrected chi connectivity index (χ3v) is 3.10. The zero-order valence-electron chi connectivity index (χ0n) is 9.49. The summed E-state index contributed by atoms with van der Waals surface area (Å²) >= 11 is 9.13. The predicted molar refractivity (Wildman–Crippen MR) is 74.4 cm³/mol. The van der Waals surface area contributed by atoms with Gasteiger partial charge in [0, 0.05) is 23.9 Å². The smallest absolute Gasteiger partial charge is 0.271 e. The summed E-state index contributed by atoms with van der Waals surface area (Å²) < 4.78 is 0. The second-order valence-electron chi connectivity index (χ2n) is 3.62. The van der Waals surface area contributed by atoms with Gasteiger partial charge in [0.2, 0.25) is 5.91 Å². The highest BCUT2D eigenvalue weighted by molar-refractivity contribution is 9.09. The number of carbonyl (C=O) groups excluding carboxylic acids is 1. The van der Waals surface area contributed by atoms with Crippen LogP contribution >= 0.6 is 27.5 Å². The van der Waals surface area contributed by atoms with Crippen molar-refractivity contribution < 1.29 is 9.72 Å². The van der Waals surface area contributed by atoms with Crippen LogP contribution in [-0.4, -0.2) is 16.2 Å². The molecule has 1 aromatic carbocycles. The lowest BCUT2D eigenvalue weighted by atomic mass is 10.2. The zero-order chi connectivity index (χ0) is 13.5. The molecule has 0 aliphatic carbocycles. The fourth-order valence-electron chi connectivity index (χ4n) is 1.31. The van der Waals surface area contributed by atoms with Crippen molar-refractivity contribution >= 4 is 44.8 Å². The zero-order valence-corrected chi connectivity index (χ0v) is 11.8. The largest absolute Gasteiger partial charge is 0.325 e. The van der Waals surface area contributed by atoms with Crippen LogP contribution in [0.1, 0.15) is 19.3 Å². The van der Waals surface area contributed by atoms with Gasteiger partial charge in [-0.15, -0.1) is 0 Å². The first-order valence-corrected chi connectivity index (χ1v) is 6.84. The van der Waals surface area contributed by atoms with Crippen molar-refractivity contribution in [1.82, 2.24) is 0 Å². The number of nitrogens with one attached hydrogen (secondary N) is 1. The lowest BCUT2D eigenvalue weighted by molar-refractivity contribution is -0.384. The third-order valence-electron chi connectivity index (χ3n) is 2.23.